The third kappa shape index (κ3) is 2.50. The van der Waals surface area contributed by atoms with Crippen molar-refractivity contribution in [2.45, 2.75) is 0 Å². The van der Waals surface area contributed by atoms with Gasteiger partial charge in [0.2, 0.25) is 0 Å². The van der Waals surface area contributed by atoms with Crippen molar-refractivity contribution in [2.24, 2.45) is 0 Å². The number of rotatable bonds is 2. The molecule has 0 atom stereocenters. The van der Waals surface area contributed by atoms with Crippen molar-refractivity contribution in [3.63, 3.8) is 0 Å². The van der Waals surface area contributed by atoms with Gasteiger partial charge in [0, 0.05) is 5.56 Å². The van der Waals surface area contributed by atoms with Crippen LogP contribution in [0.4, 0.5) is 5.82 Å². The van der Waals surface area contributed by atoms with Crippen molar-refractivity contribution in [3.8, 4) is 0 Å². The highest BCUT2D eigenvalue weighted by molar-refractivity contribution is 6.49. The van der Waals surface area contributed by atoms with E-state index in [2.05, 4.69) is 15.3 Å². The highest BCUT2D eigenvalue weighted by Crippen LogP contribution is 2.01. The lowest BCUT2D eigenvalue weighted by atomic mass is 9.85. The number of hydrogen-bond donors (Lipinski definition) is 2. The fourth-order valence-corrected chi connectivity index (χ4v) is 1.36. The number of hydrogen-bond acceptors (Lipinski definition) is 3. The van der Waals surface area contributed by atoms with Crippen LogP contribution in [0.15, 0.2) is 35.1 Å². The smallest absolute Gasteiger partial charge is 0.320 e. The van der Waals surface area contributed by atoms with Crippen LogP contribution >= 0.6 is 0 Å². The molecule has 0 aliphatic carbocycles. The molecule has 0 unspecified atom stereocenters. The Bertz CT molecular complexity index is 640. The summed E-state index contributed by atoms with van der Waals surface area (Å²) in [4.78, 5) is 28.7. The lowest BCUT2D eigenvalue weighted by Gasteiger charge is -2.09. The highest BCUT2D eigenvalue weighted by atomic mass is 16.2. The van der Waals surface area contributed by atoms with Crippen LogP contribution in [0.2, 0.25) is 0 Å². The number of aromatic nitrogens is 2. The number of aromatic amines is 1. The first kappa shape index (κ1) is 12.2. The van der Waals surface area contributed by atoms with E-state index in [1.165, 1.54) is 0 Å². The summed E-state index contributed by atoms with van der Waals surface area (Å²) in [7, 11) is 11.1. The van der Waals surface area contributed by atoms with Crippen LogP contribution < -0.4 is 22.1 Å². The van der Waals surface area contributed by atoms with Gasteiger partial charge in [-0.3, -0.25) is 4.79 Å². The summed E-state index contributed by atoms with van der Waals surface area (Å²) in [5.74, 6) is -0.468. The van der Waals surface area contributed by atoms with E-state index in [1.807, 2.05) is 0 Å². The van der Waals surface area contributed by atoms with Gasteiger partial charge in [0.25, 0.3) is 5.91 Å². The molecule has 18 heavy (non-hydrogen) atoms. The molecular weight excluding hydrogens is 228 g/mol. The molecule has 2 N–H and O–H groups in total. The summed E-state index contributed by atoms with van der Waals surface area (Å²) in [6.07, 6.45) is 0. The third-order valence-electron chi connectivity index (χ3n) is 2.27. The standard InChI is InChI=1S/C11H7B2N3O2/c12-7-8(13)14-11(18)16-9(7)15-10(17)6-4-2-1-3-5-6/h1-5H,(H2,14,15,16,17,18). The van der Waals surface area contributed by atoms with Gasteiger partial charge in [0.05, 0.1) is 0 Å². The van der Waals surface area contributed by atoms with Crippen LogP contribution in [-0.4, -0.2) is 31.6 Å². The van der Waals surface area contributed by atoms with Gasteiger partial charge in [-0.1, -0.05) is 18.2 Å². The van der Waals surface area contributed by atoms with Crippen LogP contribution in [0.1, 0.15) is 10.4 Å². The zero-order valence-electron chi connectivity index (χ0n) is 9.31. The average molecular weight is 235 g/mol. The third-order valence-corrected chi connectivity index (χ3v) is 2.27. The lowest BCUT2D eigenvalue weighted by molar-refractivity contribution is 0.102. The van der Waals surface area contributed by atoms with Gasteiger partial charge in [-0.2, -0.15) is 4.98 Å². The minimum atomic E-state index is -0.676. The van der Waals surface area contributed by atoms with Gasteiger partial charge in [-0.15, -0.1) is 0 Å². The number of amides is 1. The van der Waals surface area contributed by atoms with Crippen LogP contribution in [0.3, 0.4) is 0 Å². The monoisotopic (exact) mass is 235 g/mol. The molecule has 7 heteroatoms. The Morgan fingerprint density at radius 2 is 1.89 bits per heavy atom. The molecule has 1 amide bonds. The maximum absolute atomic E-state index is 11.8. The first-order valence-electron chi connectivity index (χ1n) is 5.09. The number of carbonyl (C=O) groups is 1. The molecule has 0 spiro atoms. The SMILES string of the molecule is [B]c1[nH]c(=O)nc(NC(=O)c2ccccc2)c1[B]. The molecule has 4 radical (unpaired) electrons. The Balaban J connectivity index is 2.30. The molecular formula is C11H7B2N3O2. The van der Waals surface area contributed by atoms with Crippen LogP contribution in [-0.2, 0) is 0 Å². The minimum absolute atomic E-state index is 0.0267. The normalized spacial score (nSPS) is 10.0. The maximum Gasteiger partial charge on any atom is 0.346 e. The minimum Gasteiger partial charge on any atom is -0.320 e. The Kier molecular flexibility index (Phi) is 3.32. The van der Waals surface area contributed by atoms with E-state index in [1.54, 1.807) is 30.3 Å². The zero-order valence-corrected chi connectivity index (χ0v) is 9.31. The van der Waals surface area contributed by atoms with E-state index in [4.69, 9.17) is 15.7 Å². The Morgan fingerprint density at radius 3 is 2.56 bits per heavy atom. The zero-order chi connectivity index (χ0) is 13.1. The van der Waals surface area contributed by atoms with Gasteiger partial charge in [-0.05, 0) is 23.2 Å². The summed E-state index contributed by atoms with van der Waals surface area (Å²) in [5, 5.41) is 2.43. The van der Waals surface area contributed by atoms with E-state index in [0.29, 0.717) is 5.56 Å². The first-order valence-corrected chi connectivity index (χ1v) is 5.09. The number of anilines is 1. The lowest BCUT2D eigenvalue weighted by Crippen LogP contribution is -2.39. The summed E-state index contributed by atoms with van der Waals surface area (Å²) in [6, 6.07) is 8.48. The molecule has 0 saturated carbocycles. The topological polar surface area (TPSA) is 74.8 Å². The number of H-pyrrole nitrogens is 1. The van der Waals surface area contributed by atoms with E-state index in [0.717, 1.165) is 0 Å². The second-order valence-corrected chi connectivity index (χ2v) is 3.54. The molecule has 2 rings (SSSR count). The summed E-state index contributed by atoms with van der Waals surface area (Å²) in [6.45, 7) is 0. The number of nitrogens with zero attached hydrogens (tertiary/aromatic N) is 1. The van der Waals surface area contributed by atoms with E-state index >= 15 is 0 Å². The summed E-state index contributed by atoms with van der Waals surface area (Å²) in [5.41, 5.74) is -0.250. The Labute approximate surface area is 105 Å². The molecule has 0 aliphatic rings. The largest absolute Gasteiger partial charge is 0.346 e. The predicted molar refractivity (Wildman–Crippen MR) is 70.0 cm³/mol. The molecule has 0 fully saturated rings. The number of carbonyl (C=O) groups excluding carboxylic acids is 1. The quantitative estimate of drug-likeness (QED) is 0.629. The Morgan fingerprint density at radius 1 is 1.22 bits per heavy atom. The van der Waals surface area contributed by atoms with Crippen molar-refractivity contribution in [1.82, 2.24) is 9.97 Å². The Hall–Kier alpha value is -2.30. The van der Waals surface area contributed by atoms with Gasteiger partial charge >= 0.3 is 5.69 Å². The molecule has 0 saturated heterocycles. The number of nitrogens with one attached hydrogen (secondary N) is 2. The van der Waals surface area contributed by atoms with E-state index in [-0.39, 0.29) is 16.9 Å². The second-order valence-electron chi connectivity index (χ2n) is 3.54. The highest BCUT2D eigenvalue weighted by Gasteiger charge is 2.09. The predicted octanol–water partition coefficient (Wildman–Crippen LogP) is -1.39. The number of benzene rings is 1. The van der Waals surface area contributed by atoms with Gasteiger partial charge in [0.1, 0.15) is 21.5 Å². The van der Waals surface area contributed by atoms with Gasteiger partial charge in [0.15, 0.2) is 0 Å². The van der Waals surface area contributed by atoms with Gasteiger partial charge in [-0.25, -0.2) is 4.79 Å². The molecule has 2 aromatic rings. The fourth-order valence-electron chi connectivity index (χ4n) is 1.36. The van der Waals surface area contributed by atoms with Crippen molar-refractivity contribution >= 4 is 38.5 Å². The maximum atomic E-state index is 11.8. The van der Waals surface area contributed by atoms with Gasteiger partial charge < -0.3 is 10.3 Å². The van der Waals surface area contributed by atoms with Crippen LogP contribution in [0, 0.1) is 0 Å². The van der Waals surface area contributed by atoms with E-state index in [9.17, 15) is 9.59 Å². The van der Waals surface area contributed by atoms with Crippen LogP contribution in [0.25, 0.3) is 0 Å². The summed E-state index contributed by atoms with van der Waals surface area (Å²) >= 11 is 0. The van der Waals surface area contributed by atoms with Crippen molar-refractivity contribution in [2.75, 3.05) is 5.32 Å². The second kappa shape index (κ2) is 4.91. The molecule has 0 bridgehead atoms. The molecule has 1 aromatic carbocycles. The first-order chi connectivity index (χ1) is 8.58. The molecule has 0 aliphatic heterocycles. The molecule has 1 aromatic heterocycles. The average Bonchev–Trinajstić information content (AvgIpc) is 2.36. The van der Waals surface area contributed by atoms with Crippen molar-refractivity contribution in [3.05, 3.63) is 46.4 Å². The molecule has 1 heterocycles. The summed E-state index contributed by atoms with van der Waals surface area (Å²) < 4.78 is 0. The van der Waals surface area contributed by atoms with Crippen molar-refractivity contribution in [1.29, 1.82) is 0 Å². The van der Waals surface area contributed by atoms with Crippen molar-refractivity contribution < 1.29 is 4.79 Å². The molecule has 84 valence electrons. The van der Waals surface area contributed by atoms with Crippen LogP contribution in [0.5, 0.6) is 0 Å². The molecule has 5 nitrogen and oxygen atoms in total. The van der Waals surface area contributed by atoms with E-state index < -0.39 is 11.6 Å². The fraction of sp³-hybridized carbons (Fsp3) is 0.